The average molecular weight is 378 g/mol. The number of hydrogen-bond acceptors (Lipinski definition) is 3. The van der Waals surface area contributed by atoms with Crippen molar-refractivity contribution >= 4 is 29.1 Å². The van der Waals surface area contributed by atoms with Gasteiger partial charge in [-0.15, -0.1) is 0 Å². The fourth-order valence-corrected chi connectivity index (χ4v) is 3.53. The summed E-state index contributed by atoms with van der Waals surface area (Å²) in [6.07, 6.45) is 0.434. The molecule has 2 aromatic carbocycles. The third-order valence-corrected chi connectivity index (χ3v) is 5.03. The second-order valence-corrected chi connectivity index (χ2v) is 7.75. The number of para-hydroxylation sites is 1. The number of anilines is 2. The van der Waals surface area contributed by atoms with Crippen LogP contribution < -0.4 is 10.2 Å². The lowest BCUT2D eigenvalue weighted by Crippen LogP contribution is -2.28. The minimum absolute atomic E-state index is 0.217. The maximum atomic E-state index is 13.0. The Balaban J connectivity index is 1.94. The van der Waals surface area contributed by atoms with Gasteiger partial charge in [-0.05, 0) is 41.2 Å². The van der Waals surface area contributed by atoms with Crippen molar-refractivity contribution in [2.45, 2.75) is 52.4 Å². The molecule has 1 fully saturated rings. The summed E-state index contributed by atoms with van der Waals surface area (Å²) in [5.74, 6) is -0.180. The molecule has 1 aliphatic rings. The maximum absolute atomic E-state index is 13.0. The molecule has 0 radical (unpaired) electrons. The molecule has 0 saturated carbocycles. The molecule has 5 nitrogen and oxygen atoms in total. The van der Waals surface area contributed by atoms with Crippen molar-refractivity contribution in [3.05, 3.63) is 59.2 Å². The van der Waals surface area contributed by atoms with Crippen molar-refractivity contribution in [3.8, 4) is 0 Å². The largest absolute Gasteiger partial charge is 0.321 e. The molecule has 1 saturated heterocycles. The second-order valence-electron chi connectivity index (χ2n) is 7.75. The highest BCUT2D eigenvalue weighted by Gasteiger charge is 2.30. The average Bonchev–Trinajstić information content (AvgIpc) is 2.99. The fourth-order valence-electron chi connectivity index (χ4n) is 3.53. The van der Waals surface area contributed by atoms with Crippen molar-refractivity contribution in [2.24, 2.45) is 0 Å². The highest BCUT2D eigenvalue weighted by atomic mass is 16.2. The topological polar surface area (TPSA) is 66.5 Å². The van der Waals surface area contributed by atoms with Crippen LogP contribution in [0.25, 0.3) is 0 Å². The van der Waals surface area contributed by atoms with Gasteiger partial charge in [0.25, 0.3) is 5.91 Å². The molecule has 0 atom stereocenters. The van der Waals surface area contributed by atoms with Crippen LogP contribution in [0.1, 0.15) is 73.9 Å². The van der Waals surface area contributed by atoms with E-state index in [9.17, 15) is 14.4 Å². The first-order chi connectivity index (χ1) is 13.3. The fraction of sp³-hybridized carbons (Fsp3) is 0.348. The van der Waals surface area contributed by atoms with Gasteiger partial charge in [0.05, 0.1) is 5.69 Å². The van der Waals surface area contributed by atoms with Crippen LogP contribution >= 0.6 is 0 Å². The van der Waals surface area contributed by atoms with E-state index in [0.29, 0.717) is 11.3 Å². The molecule has 0 unspecified atom stereocenters. The van der Waals surface area contributed by atoms with Crippen LogP contribution in [0.3, 0.4) is 0 Å². The maximum Gasteiger partial charge on any atom is 0.255 e. The number of carbonyl (C=O) groups excluding carboxylic acids is 3. The number of imide groups is 1. The first kappa shape index (κ1) is 19.8. The van der Waals surface area contributed by atoms with Crippen molar-refractivity contribution in [2.75, 3.05) is 10.2 Å². The minimum atomic E-state index is -0.254. The van der Waals surface area contributed by atoms with Crippen LogP contribution in [-0.4, -0.2) is 17.7 Å². The van der Waals surface area contributed by atoms with Gasteiger partial charge in [0.1, 0.15) is 0 Å². The van der Waals surface area contributed by atoms with E-state index in [1.807, 2.05) is 18.2 Å². The Morgan fingerprint density at radius 2 is 1.43 bits per heavy atom. The number of nitrogens with one attached hydrogen (secondary N) is 1. The molecule has 146 valence electrons. The Kier molecular flexibility index (Phi) is 5.63. The summed E-state index contributed by atoms with van der Waals surface area (Å²) in [4.78, 5) is 38.2. The smallest absolute Gasteiger partial charge is 0.255 e. The second kappa shape index (κ2) is 7.97. The van der Waals surface area contributed by atoms with Crippen molar-refractivity contribution in [1.82, 2.24) is 0 Å². The third-order valence-electron chi connectivity index (χ3n) is 5.03. The summed E-state index contributed by atoms with van der Waals surface area (Å²) in [6, 6.07) is 12.8. The van der Waals surface area contributed by atoms with E-state index in [2.05, 4.69) is 33.0 Å². The summed E-state index contributed by atoms with van der Waals surface area (Å²) in [5, 5.41) is 3.07. The molecule has 2 aromatic rings. The number of benzene rings is 2. The first-order valence-electron chi connectivity index (χ1n) is 9.69. The quantitative estimate of drug-likeness (QED) is 0.757. The van der Waals surface area contributed by atoms with Crippen LogP contribution in [0, 0.1) is 0 Å². The molecular formula is C23H26N2O3. The number of rotatable bonds is 5. The summed E-state index contributed by atoms with van der Waals surface area (Å²) >= 11 is 0. The lowest BCUT2D eigenvalue weighted by molar-refractivity contribution is -0.121. The van der Waals surface area contributed by atoms with Gasteiger partial charge in [-0.2, -0.15) is 0 Å². The summed E-state index contributed by atoms with van der Waals surface area (Å²) < 4.78 is 0. The van der Waals surface area contributed by atoms with Gasteiger partial charge in [-0.3, -0.25) is 19.3 Å². The molecular weight excluding hydrogens is 352 g/mol. The molecule has 0 spiro atoms. The predicted molar refractivity (Wildman–Crippen MR) is 111 cm³/mol. The van der Waals surface area contributed by atoms with E-state index >= 15 is 0 Å². The molecule has 0 bridgehead atoms. The number of nitrogens with zero attached hydrogens (tertiary/aromatic N) is 1. The molecule has 0 aliphatic carbocycles. The molecule has 0 aromatic heterocycles. The van der Waals surface area contributed by atoms with Gasteiger partial charge in [-0.25, -0.2) is 0 Å². The predicted octanol–water partition coefficient (Wildman–Crippen LogP) is 4.84. The van der Waals surface area contributed by atoms with Crippen LogP contribution in [0.2, 0.25) is 0 Å². The highest BCUT2D eigenvalue weighted by molar-refractivity contribution is 6.20. The van der Waals surface area contributed by atoms with E-state index in [0.717, 1.165) is 16.8 Å². The molecule has 3 amide bonds. The van der Waals surface area contributed by atoms with Gasteiger partial charge < -0.3 is 5.32 Å². The van der Waals surface area contributed by atoms with Gasteiger partial charge >= 0.3 is 0 Å². The summed E-state index contributed by atoms with van der Waals surface area (Å²) in [7, 11) is 0. The van der Waals surface area contributed by atoms with E-state index in [1.54, 1.807) is 24.3 Å². The van der Waals surface area contributed by atoms with E-state index < -0.39 is 0 Å². The number of hydrogen-bond donors (Lipinski definition) is 1. The zero-order valence-corrected chi connectivity index (χ0v) is 16.8. The summed E-state index contributed by atoms with van der Waals surface area (Å²) in [6.45, 7) is 8.39. The standard InChI is InChI=1S/C23H26N2O3/c1-14(2)18-9-6-10-19(15(3)4)22(18)24-23(28)16-7-5-8-17(13-16)25-20(26)11-12-21(25)27/h5-10,13-15H,11-12H2,1-4H3,(H,24,28). The Bertz CT molecular complexity index is 889. The zero-order valence-electron chi connectivity index (χ0n) is 16.8. The third kappa shape index (κ3) is 3.84. The Morgan fingerprint density at radius 1 is 0.893 bits per heavy atom. The van der Waals surface area contributed by atoms with Crippen LogP contribution in [-0.2, 0) is 9.59 Å². The molecule has 5 heteroatoms. The lowest BCUT2D eigenvalue weighted by atomic mass is 9.92. The Morgan fingerprint density at radius 3 is 1.96 bits per heavy atom. The monoisotopic (exact) mass is 378 g/mol. The van der Waals surface area contributed by atoms with Crippen molar-refractivity contribution < 1.29 is 14.4 Å². The summed E-state index contributed by atoms with van der Waals surface area (Å²) in [5.41, 5.74) is 3.87. The Labute approximate surface area is 165 Å². The van der Waals surface area contributed by atoms with Crippen LogP contribution in [0.5, 0.6) is 0 Å². The van der Waals surface area contributed by atoms with Crippen LogP contribution in [0.15, 0.2) is 42.5 Å². The van der Waals surface area contributed by atoms with Crippen LogP contribution in [0.4, 0.5) is 11.4 Å². The van der Waals surface area contributed by atoms with E-state index in [-0.39, 0.29) is 42.4 Å². The number of amides is 3. The molecule has 1 heterocycles. The minimum Gasteiger partial charge on any atom is -0.321 e. The van der Waals surface area contributed by atoms with E-state index in [1.165, 1.54) is 4.90 Å². The number of carbonyl (C=O) groups is 3. The lowest BCUT2D eigenvalue weighted by Gasteiger charge is -2.20. The first-order valence-corrected chi connectivity index (χ1v) is 9.69. The SMILES string of the molecule is CC(C)c1cccc(C(C)C)c1NC(=O)c1cccc(N2C(=O)CCC2=O)c1. The Hall–Kier alpha value is -2.95. The van der Waals surface area contributed by atoms with Gasteiger partial charge in [0.2, 0.25) is 11.8 Å². The molecule has 28 heavy (non-hydrogen) atoms. The van der Waals surface area contributed by atoms with Gasteiger partial charge in [0.15, 0.2) is 0 Å². The normalized spacial score (nSPS) is 14.3. The zero-order chi connectivity index (χ0) is 20.4. The molecule has 1 N–H and O–H groups in total. The molecule has 1 aliphatic heterocycles. The van der Waals surface area contributed by atoms with Gasteiger partial charge in [-0.1, -0.05) is 52.0 Å². The van der Waals surface area contributed by atoms with E-state index in [4.69, 9.17) is 0 Å². The van der Waals surface area contributed by atoms with Gasteiger partial charge in [0, 0.05) is 24.1 Å². The highest BCUT2D eigenvalue weighted by Crippen LogP contribution is 2.33. The molecule has 3 rings (SSSR count). The van der Waals surface area contributed by atoms with Crippen molar-refractivity contribution in [1.29, 1.82) is 0 Å². The van der Waals surface area contributed by atoms with Crippen molar-refractivity contribution in [3.63, 3.8) is 0 Å².